The molecule has 1 rings (SSSR count). The van der Waals surface area contributed by atoms with Crippen LogP contribution >= 0.6 is 0 Å². The number of nitrogens with zero attached hydrogens (tertiary/aromatic N) is 1. The lowest BCUT2D eigenvalue weighted by Crippen LogP contribution is -2.26. The Balaban J connectivity index is 2.47. The molecule has 1 saturated heterocycles. The van der Waals surface area contributed by atoms with Crippen LogP contribution in [0.2, 0.25) is 0 Å². The maximum absolute atomic E-state index is 10.9. The lowest BCUT2D eigenvalue weighted by molar-refractivity contribution is -0.161. The summed E-state index contributed by atoms with van der Waals surface area (Å²) in [6.07, 6.45) is -0.572. The fraction of sp³-hybridized carbons (Fsp3) is 0.571. The maximum atomic E-state index is 10.9. The molecule has 0 saturated carbocycles. The summed E-state index contributed by atoms with van der Waals surface area (Å²) in [5.74, 6) is 4.37. The number of carbonyl (C=O) groups excluding carboxylic acids is 1. The Morgan fingerprint density at radius 3 is 3.00 bits per heavy atom. The van der Waals surface area contributed by atoms with Gasteiger partial charge in [0.25, 0.3) is 0 Å². The second kappa shape index (κ2) is 3.37. The van der Waals surface area contributed by atoms with E-state index in [2.05, 4.69) is 11.8 Å². The molecule has 1 fully saturated rings. The summed E-state index contributed by atoms with van der Waals surface area (Å²) in [4.78, 5) is 15.7. The standard InChI is InChI=1S/C7H9NO3/c1-2-3-7(10)8-4-6(9)5-11-8/h6,9H,4-5H2,1H3/t6-/m1/s1. The Morgan fingerprint density at radius 2 is 2.55 bits per heavy atom. The van der Waals surface area contributed by atoms with Crippen molar-refractivity contribution in [3.63, 3.8) is 0 Å². The van der Waals surface area contributed by atoms with E-state index in [0.717, 1.165) is 5.06 Å². The summed E-state index contributed by atoms with van der Waals surface area (Å²) in [6.45, 7) is 1.97. The van der Waals surface area contributed by atoms with Crippen molar-refractivity contribution in [1.82, 2.24) is 5.06 Å². The molecule has 1 heterocycles. The van der Waals surface area contributed by atoms with Crippen molar-refractivity contribution in [3.8, 4) is 11.8 Å². The number of aliphatic hydroxyl groups excluding tert-OH is 1. The molecule has 1 N–H and O–H groups in total. The van der Waals surface area contributed by atoms with Crippen molar-refractivity contribution in [3.05, 3.63) is 0 Å². The molecule has 4 nitrogen and oxygen atoms in total. The molecule has 0 spiro atoms. The molecule has 1 amide bonds. The SMILES string of the molecule is CC#CC(=O)N1C[C@@H](O)CO1. The van der Waals surface area contributed by atoms with Crippen LogP contribution in [0.5, 0.6) is 0 Å². The van der Waals surface area contributed by atoms with Crippen molar-refractivity contribution in [2.24, 2.45) is 0 Å². The fourth-order valence-corrected chi connectivity index (χ4v) is 0.784. The Morgan fingerprint density at radius 1 is 1.82 bits per heavy atom. The smallest absolute Gasteiger partial charge is 0.322 e. The van der Waals surface area contributed by atoms with Gasteiger partial charge in [0.1, 0.15) is 12.7 Å². The number of hydroxylamine groups is 2. The number of hydrogen-bond acceptors (Lipinski definition) is 3. The molecule has 1 aliphatic rings. The first-order valence-corrected chi connectivity index (χ1v) is 3.29. The van der Waals surface area contributed by atoms with Gasteiger partial charge < -0.3 is 5.11 Å². The van der Waals surface area contributed by atoms with Crippen LogP contribution < -0.4 is 0 Å². The van der Waals surface area contributed by atoms with E-state index in [4.69, 9.17) is 9.94 Å². The number of amides is 1. The minimum Gasteiger partial charge on any atom is -0.389 e. The van der Waals surface area contributed by atoms with Gasteiger partial charge in [-0.05, 0) is 12.8 Å². The third-order valence-electron chi connectivity index (χ3n) is 1.26. The number of rotatable bonds is 0. The molecule has 11 heavy (non-hydrogen) atoms. The van der Waals surface area contributed by atoms with E-state index in [1.165, 1.54) is 0 Å². The number of hydrogen-bond donors (Lipinski definition) is 1. The van der Waals surface area contributed by atoms with E-state index in [0.29, 0.717) is 0 Å². The average Bonchev–Trinajstić information content (AvgIpc) is 2.36. The third-order valence-corrected chi connectivity index (χ3v) is 1.26. The van der Waals surface area contributed by atoms with Crippen LogP contribution in [0.3, 0.4) is 0 Å². The summed E-state index contributed by atoms with van der Waals surface area (Å²) in [6, 6.07) is 0. The van der Waals surface area contributed by atoms with Gasteiger partial charge in [-0.15, -0.1) is 0 Å². The molecule has 1 aliphatic heterocycles. The van der Waals surface area contributed by atoms with Gasteiger partial charge in [-0.3, -0.25) is 9.63 Å². The molecule has 60 valence electrons. The highest BCUT2D eigenvalue weighted by Crippen LogP contribution is 2.04. The van der Waals surface area contributed by atoms with Crippen molar-refractivity contribution in [2.45, 2.75) is 13.0 Å². The van der Waals surface area contributed by atoms with E-state index >= 15 is 0 Å². The van der Waals surface area contributed by atoms with Crippen molar-refractivity contribution >= 4 is 5.91 Å². The Bertz CT molecular complexity index is 215. The van der Waals surface area contributed by atoms with Gasteiger partial charge in [0.2, 0.25) is 0 Å². The molecule has 0 aromatic carbocycles. The molecular weight excluding hydrogens is 146 g/mol. The Hall–Kier alpha value is -1.05. The van der Waals surface area contributed by atoms with Gasteiger partial charge in [-0.25, -0.2) is 5.06 Å². The van der Waals surface area contributed by atoms with Gasteiger partial charge in [-0.1, -0.05) is 5.92 Å². The molecule has 4 heteroatoms. The molecule has 0 radical (unpaired) electrons. The third kappa shape index (κ3) is 1.93. The average molecular weight is 155 g/mol. The molecule has 1 atom stereocenters. The monoisotopic (exact) mass is 155 g/mol. The molecule has 0 unspecified atom stereocenters. The summed E-state index contributed by atoms with van der Waals surface area (Å²) >= 11 is 0. The lowest BCUT2D eigenvalue weighted by Gasteiger charge is -2.07. The molecule has 0 bridgehead atoms. The number of aliphatic hydroxyl groups is 1. The molecular formula is C7H9NO3. The van der Waals surface area contributed by atoms with Crippen molar-refractivity contribution in [1.29, 1.82) is 0 Å². The Labute approximate surface area is 64.7 Å². The van der Waals surface area contributed by atoms with Crippen LogP contribution in [0, 0.1) is 11.8 Å². The van der Waals surface area contributed by atoms with Crippen LogP contribution in [0.15, 0.2) is 0 Å². The van der Waals surface area contributed by atoms with Crippen LogP contribution in [-0.2, 0) is 9.63 Å². The maximum Gasteiger partial charge on any atom is 0.322 e. The van der Waals surface area contributed by atoms with Gasteiger partial charge in [0.05, 0.1) is 6.54 Å². The van der Waals surface area contributed by atoms with Crippen LogP contribution in [0.1, 0.15) is 6.92 Å². The van der Waals surface area contributed by atoms with Crippen molar-refractivity contribution < 1.29 is 14.7 Å². The second-order valence-corrected chi connectivity index (χ2v) is 2.19. The van der Waals surface area contributed by atoms with Crippen molar-refractivity contribution in [2.75, 3.05) is 13.2 Å². The topological polar surface area (TPSA) is 49.8 Å². The van der Waals surface area contributed by atoms with E-state index < -0.39 is 12.0 Å². The quantitative estimate of drug-likeness (QED) is 0.463. The zero-order valence-corrected chi connectivity index (χ0v) is 6.20. The normalized spacial score (nSPS) is 22.7. The highest BCUT2D eigenvalue weighted by atomic mass is 16.7. The van der Waals surface area contributed by atoms with Gasteiger partial charge >= 0.3 is 5.91 Å². The van der Waals surface area contributed by atoms with Crippen LogP contribution in [0.4, 0.5) is 0 Å². The highest BCUT2D eigenvalue weighted by Gasteiger charge is 2.24. The first-order valence-electron chi connectivity index (χ1n) is 3.29. The first kappa shape index (κ1) is 8.05. The summed E-state index contributed by atoms with van der Waals surface area (Å²) in [5.41, 5.74) is 0. The van der Waals surface area contributed by atoms with E-state index in [9.17, 15) is 4.79 Å². The summed E-state index contributed by atoms with van der Waals surface area (Å²) < 4.78 is 0. The molecule has 0 aromatic rings. The minimum absolute atomic E-state index is 0.178. The van der Waals surface area contributed by atoms with Crippen LogP contribution in [0.25, 0.3) is 0 Å². The van der Waals surface area contributed by atoms with Gasteiger partial charge in [0.15, 0.2) is 0 Å². The summed E-state index contributed by atoms with van der Waals surface area (Å²) in [7, 11) is 0. The fourth-order valence-electron chi connectivity index (χ4n) is 0.784. The minimum atomic E-state index is -0.572. The summed E-state index contributed by atoms with van der Waals surface area (Å²) in [5, 5.41) is 10.0. The molecule has 0 aliphatic carbocycles. The lowest BCUT2D eigenvalue weighted by atomic mass is 10.4. The molecule has 0 aromatic heterocycles. The van der Waals surface area contributed by atoms with Gasteiger partial charge in [-0.2, -0.15) is 0 Å². The predicted octanol–water partition coefficient (Wildman–Crippen LogP) is -0.856. The van der Waals surface area contributed by atoms with E-state index in [1.807, 2.05) is 0 Å². The zero-order valence-electron chi connectivity index (χ0n) is 6.20. The highest BCUT2D eigenvalue weighted by molar-refractivity contribution is 5.92. The Kier molecular flexibility index (Phi) is 2.47. The van der Waals surface area contributed by atoms with E-state index in [-0.39, 0.29) is 13.2 Å². The number of β-amino-alcohol motifs (C(OH)–C–C–N with tert-alkyl or cyclic N) is 1. The zero-order chi connectivity index (χ0) is 8.27. The predicted molar refractivity (Wildman–Crippen MR) is 37.1 cm³/mol. The van der Waals surface area contributed by atoms with E-state index in [1.54, 1.807) is 6.92 Å². The van der Waals surface area contributed by atoms with Crippen LogP contribution in [-0.4, -0.2) is 35.3 Å². The first-order chi connectivity index (χ1) is 5.24. The number of carbonyl (C=O) groups is 1. The largest absolute Gasteiger partial charge is 0.389 e. The van der Waals surface area contributed by atoms with Gasteiger partial charge in [0, 0.05) is 0 Å². The second-order valence-electron chi connectivity index (χ2n) is 2.19.